The minimum atomic E-state index is -4.73. The molecule has 11 heteroatoms. The number of hydrogen-bond acceptors (Lipinski definition) is 5. The molecule has 3 fully saturated rings. The van der Waals surface area contributed by atoms with E-state index < -0.39 is 47.3 Å². The van der Waals surface area contributed by atoms with Gasteiger partial charge in [0.2, 0.25) is 0 Å². The molecule has 0 radical (unpaired) electrons. The Morgan fingerprint density at radius 1 is 1.06 bits per heavy atom. The van der Waals surface area contributed by atoms with Crippen molar-refractivity contribution in [2.45, 2.75) is 31.2 Å². The van der Waals surface area contributed by atoms with Crippen LogP contribution in [0.3, 0.4) is 0 Å². The lowest BCUT2D eigenvalue weighted by Crippen LogP contribution is -2.59. The summed E-state index contributed by atoms with van der Waals surface area (Å²) in [5.41, 5.74) is -1.30. The van der Waals surface area contributed by atoms with Gasteiger partial charge in [-0.2, -0.15) is 13.2 Å². The van der Waals surface area contributed by atoms with Crippen LogP contribution in [0.4, 0.5) is 22.0 Å². The number of likely N-dealkylation sites (tertiary alicyclic amines) is 1. The maximum absolute atomic E-state index is 14.8. The second-order valence-electron chi connectivity index (χ2n) is 9.14. The number of amides is 1. The Bertz CT molecular complexity index is 1340. The first-order chi connectivity index (χ1) is 16.7. The molecule has 180 valence electrons. The normalized spacial score (nSPS) is 26.5. The fourth-order valence-corrected chi connectivity index (χ4v) is 5.58. The third-order valence-electron chi connectivity index (χ3n) is 7.25. The predicted molar refractivity (Wildman–Crippen MR) is 111 cm³/mol. The van der Waals surface area contributed by atoms with Crippen LogP contribution in [-0.2, 0) is 6.18 Å². The van der Waals surface area contributed by atoms with Crippen molar-refractivity contribution in [3.05, 3.63) is 71.7 Å². The van der Waals surface area contributed by atoms with Gasteiger partial charge >= 0.3 is 6.18 Å². The average Bonchev–Trinajstić information content (AvgIpc) is 3.47. The predicted octanol–water partition coefficient (Wildman–Crippen LogP) is 4.52. The van der Waals surface area contributed by atoms with Crippen LogP contribution in [0.5, 0.6) is 5.88 Å². The Hall–Kier alpha value is -3.63. The number of alkyl halides is 3. The number of halogens is 5. The lowest BCUT2D eigenvalue weighted by atomic mass is 9.73. The van der Waals surface area contributed by atoms with E-state index in [1.54, 1.807) is 11.0 Å². The van der Waals surface area contributed by atoms with Crippen LogP contribution in [0.25, 0.3) is 11.4 Å². The van der Waals surface area contributed by atoms with Gasteiger partial charge in [-0.1, -0.05) is 6.07 Å². The van der Waals surface area contributed by atoms with Crippen LogP contribution in [0.15, 0.2) is 48.9 Å². The molecule has 4 atom stereocenters. The van der Waals surface area contributed by atoms with Crippen molar-refractivity contribution < 1.29 is 31.5 Å². The summed E-state index contributed by atoms with van der Waals surface area (Å²) in [5, 5.41) is 0. The number of carbonyl (C=O) groups excluding carboxylic acids is 1. The molecule has 2 aromatic heterocycles. The summed E-state index contributed by atoms with van der Waals surface area (Å²) in [6.07, 6.45) is -0.546. The monoisotopic (exact) mass is 488 g/mol. The maximum atomic E-state index is 14.8. The van der Waals surface area contributed by atoms with Crippen LogP contribution in [0.1, 0.15) is 28.8 Å². The van der Waals surface area contributed by atoms with Gasteiger partial charge < -0.3 is 9.64 Å². The third-order valence-corrected chi connectivity index (χ3v) is 7.25. The van der Waals surface area contributed by atoms with Gasteiger partial charge in [-0.3, -0.25) is 4.79 Å². The SMILES string of the molecule is O=C(c1cccc(F)c1-c1ncccn1)N1CC2CC23CC(Oc2ncc(C(F)(F)F)cc2F)C13. The topological polar surface area (TPSA) is 68.2 Å². The molecule has 4 unspecified atom stereocenters. The largest absolute Gasteiger partial charge is 0.470 e. The Balaban J connectivity index is 1.28. The van der Waals surface area contributed by atoms with Crippen molar-refractivity contribution in [3.8, 4) is 17.3 Å². The van der Waals surface area contributed by atoms with E-state index in [9.17, 15) is 26.7 Å². The third kappa shape index (κ3) is 3.35. The van der Waals surface area contributed by atoms with E-state index >= 15 is 0 Å². The summed E-state index contributed by atoms with van der Waals surface area (Å²) < 4.78 is 73.3. The molecule has 2 aliphatic carbocycles. The van der Waals surface area contributed by atoms with Crippen molar-refractivity contribution in [1.82, 2.24) is 19.9 Å². The molecular weight excluding hydrogens is 471 g/mol. The summed E-state index contributed by atoms with van der Waals surface area (Å²) in [6.45, 7) is 0.428. The molecule has 6 rings (SSSR count). The molecule has 3 aromatic rings. The molecule has 35 heavy (non-hydrogen) atoms. The summed E-state index contributed by atoms with van der Waals surface area (Å²) in [6, 6.07) is 5.65. The highest BCUT2D eigenvalue weighted by Gasteiger charge is 2.76. The van der Waals surface area contributed by atoms with Gasteiger partial charge in [0.1, 0.15) is 11.9 Å². The molecule has 1 aromatic carbocycles. The molecule has 1 spiro atoms. The van der Waals surface area contributed by atoms with Gasteiger partial charge in [-0.25, -0.2) is 23.7 Å². The molecule has 1 aliphatic heterocycles. The summed E-state index contributed by atoms with van der Waals surface area (Å²) >= 11 is 0. The first kappa shape index (κ1) is 21.9. The molecule has 0 bridgehead atoms. The highest BCUT2D eigenvalue weighted by atomic mass is 19.4. The molecule has 6 nitrogen and oxygen atoms in total. The Labute approximate surface area is 195 Å². The second kappa shape index (κ2) is 7.43. The summed E-state index contributed by atoms with van der Waals surface area (Å²) in [7, 11) is 0. The van der Waals surface area contributed by atoms with Crippen LogP contribution in [0.2, 0.25) is 0 Å². The lowest BCUT2D eigenvalue weighted by molar-refractivity contribution is -0.138. The van der Waals surface area contributed by atoms with Crippen LogP contribution >= 0.6 is 0 Å². The summed E-state index contributed by atoms with van der Waals surface area (Å²) in [5.74, 6) is -2.52. The van der Waals surface area contributed by atoms with Gasteiger partial charge in [0.15, 0.2) is 11.6 Å². The molecule has 2 saturated carbocycles. The molecule has 3 heterocycles. The Morgan fingerprint density at radius 3 is 2.54 bits per heavy atom. The molecule has 3 aliphatic rings. The number of carbonyl (C=O) groups is 1. The Kier molecular flexibility index (Phi) is 4.64. The second-order valence-corrected chi connectivity index (χ2v) is 9.14. The zero-order chi connectivity index (χ0) is 24.5. The number of aromatic nitrogens is 3. The van der Waals surface area contributed by atoms with E-state index in [0.717, 1.165) is 6.42 Å². The highest BCUT2D eigenvalue weighted by Crippen LogP contribution is 2.71. The fraction of sp³-hybridized carbons (Fsp3) is 0.333. The van der Waals surface area contributed by atoms with Crippen LogP contribution in [0, 0.1) is 23.0 Å². The fourth-order valence-electron chi connectivity index (χ4n) is 5.58. The molecular formula is C24H17F5N4O2. The van der Waals surface area contributed by atoms with E-state index in [1.165, 1.54) is 30.6 Å². The number of hydrogen-bond donors (Lipinski definition) is 0. The van der Waals surface area contributed by atoms with Gasteiger partial charge in [-0.05, 0) is 43.0 Å². The van der Waals surface area contributed by atoms with E-state index in [2.05, 4.69) is 15.0 Å². The van der Waals surface area contributed by atoms with Gasteiger partial charge in [0.25, 0.3) is 11.8 Å². The van der Waals surface area contributed by atoms with Crippen LogP contribution in [-0.4, -0.2) is 44.4 Å². The number of benzene rings is 1. The summed E-state index contributed by atoms with van der Waals surface area (Å²) in [4.78, 5) is 26.9. The van der Waals surface area contributed by atoms with Crippen molar-refractivity contribution in [1.29, 1.82) is 0 Å². The number of pyridine rings is 1. The van der Waals surface area contributed by atoms with Crippen molar-refractivity contribution >= 4 is 5.91 Å². The van der Waals surface area contributed by atoms with Crippen molar-refractivity contribution in [3.63, 3.8) is 0 Å². The van der Waals surface area contributed by atoms with E-state index in [1.807, 2.05) is 0 Å². The number of nitrogens with zero attached hydrogens (tertiary/aromatic N) is 4. The van der Waals surface area contributed by atoms with Crippen LogP contribution < -0.4 is 4.74 Å². The van der Waals surface area contributed by atoms with E-state index in [-0.39, 0.29) is 28.3 Å². The number of ether oxygens (including phenoxy) is 1. The van der Waals surface area contributed by atoms with Crippen molar-refractivity contribution in [2.75, 3.05) is 6.54 Å². The van der Waals surface area contributed by atoms with E-state index in [0.29, 0.717) is 25.2 Å². The van der Waals surface area contributed by atoms with Gasteiger partial charge in [-0.15, -0.1) is 0 Å². The average molecular weight is 488 g/mol. The smallest absolute Gasteiger partial charge is 0.417 e. The molecule has 1 saturated heterocycles. The van der Waals surface area contributed by atoms with Gasteiger partial charge in [0, 0.05) is 30.6 Å². The zero-order valence-corrected chi connectivity index (χ0v) is 18.0. The zero-order valence-electron chi connectivity index (χ0n) is 18.0. The lowest BCUT2D eigenvalue weighted by Gasteiger charge is -2.47. The minimum Gasteiger partial charge on any atom is -0.470 e. The molecule has 1 amide bonds. The number of piperidine rings is 1. The highest BCUT2D eigenvalue weighted by molar-refractivity contribution is 6.01. The molecule has 0 N–H and O–H groups in total. The minimum absolute atomic E-state index is 0.0139. The van der Waals surface area contributed by atoms with Crippen molar-refractivity contribution in [2.24, 2.45) is 11.3 Å². The first-order valence-electron chi connectivity index (χ1n) is 11.0. The number of rotatable bonds is 4. The van der Waals surface area contributed by atoms with E-state index in [4.69, 9.17) is 4.74 Å². The standard InChI is InChI=1S/C24H17F5N4O2/c25-15-4-1-3-14(18(15)20-30-5-2-6-31-20)22(34)33-11-13-8-23(13)9-17(19(23)33)35-21-16(26)7-12(10-32-21)24(27,28)29/h1-7,10,13,17,19H,8-9,11H2. The van der Waals surface area contributed by atoms with Gasteiger partial charge in [0.05, 0.1) is 22.7 Å². The first-order valence-corrected chi connectivity index (χ1v) is 11.0. The Morgan fingerprint density at radius 2 is 1.83 bits per heavy atom. The maximum Gasteiger partial charge on any atom is 0.417 e. The quantitative estimate of drug-likeness (QED) is 0.506.